The number of aliphatic hydroxyl groups is 1. The number of carbonyl (C=O) groups is 1. The van der Waals surface area contributed by atoms with Gasteiger partial charge in [-0.05, 0) is 63.6 Å². The van der Waals surface area contributed by atoms with Crippen molar-refractivity contribution in [3.05, 3.63) is 29.8 Å². The van der Waals surface area contributed by atoms with Crippen LogP contribution in [-0.2, 0) is 14.6 Å². The number of benzene rings is 1. The number of alkyl carbamates (subject to hydrolysis) is 1. The molecule has 158 valence electrons. The Bertz CT molecular complexity index is 748. The molecule has 6 nitrogen and oxygen atoms in total. The van der Waals surface area contributed by atoms with Gasteiger partial charge in [0.15, 0.2) is 9.84 Å². The summed E-state index contributed by atoms with van der Waals surface area (Å²) in [6, 6.07) is 6.51. The largest absolute Gasteiger partial charge is 0.444 e. The Morgan fingerprint density at radius 1 is 1.25 bits per heavy atom. The van der Waals surface area contributed by atoms with Crippen molar-refractivity contribution in [1.82, 2.24) is 5.32 Å². The van der Waals surface area contributed by atoms with E-state index in [1.165, 1.54) is 6.42 Å². The summed E-state index contributed by atoms with van der Waals surface area (Å²) in [7, 11) is -3.37. The molecule has 1 unspecified atom stereocenters. The smallest absolute Gasteiger partial charge is 0.407 e. The van der Waals surface area contributed by atoms with Gasteiger partial charge >= 0.3 is 6.09 Å². The first kappa shape index (κ1) is 22.7. The molecular formula is C21H33NO5S. The van der Waals surface area contributed by atoms with Crippen molar-refractivity contribution in [2.45, 2.75) is 75.9 Å². The monoisotopic (exact) mass is 411 g/mol. The number of carbonyl (C=O) groups excluding carboxylic acids is 1. The normalized spacial score (nSPS) is 17.1. The Hall–Kier alpha value is -1.60. The fraction of sp³-hybridized carbons (Fsp3) is 0.667. The summed E-state index contributed by atoms with van der Waals surface area (Å²) in [5.41, 5.74) is -0.0419. The number of amides is 1. The van der Waals surface area contributed by atoms with Crippen LogP contribution in [-0.4, -0.2) is 37.5 Å². The molecule has 0 aromatic heterocycles. The molecule has 2 rings (SSSR count). The van der Waals surface area contributed by atoms with Crippen LogP contribution in [0.3, 0.4) is 0 Å². The molecular weight excluding hydrogens is 378 g/mol. The third-order valence-electron chi connectivity index (χ3n) is 4.87. The van der Waals surface area contributed by atoms with Crippen LogP contribution in [0, 0.1) is 5.92 Å². The van der Waals surface area contributed by atoms with Crippen molar-refractivity contribution in [2.75, 3.05) is 12.3 Å². The molecule has 0 bridgehead atoms. The molecule has 1 aliphatic rings. The van der Waals surface area contributed by atoms with E-state index in [1.807, 2.05) is 0 Å². The standard InChI is InChI=1S/C21H33NO5S/c1-21(2,3)27-20(24)22-13-12-19(23)17-10-7-11-18(14-17)28(25,26)15-16-8-5-4-6-9-16/h7,10-11,14,16,19,23H,4-6,8-9,12-13,15H2,1-3H3,(H,22,24). The first-order valence-electron chi connectivity index (χ1n) is 10.0. The highest BCUT2D eigenvalue weighted by atomic mass is 32.2. The minimum absolute atomic E-state index is 0.173. The maximum absolute atomic E-state index is 12.8. The fourth-order valence-electron chi connectivity index (χ4n) is 3.47. The van der Waals surface area contributed by atoms with Gasteiger partial charge < -0.3 is 15.2 Å². The zero-order valence-corrected chi connectivity index (χ0v) is 17.9. The van der Waals surface area contributed by atoms with Gasteiger partial charge in [-0.2, -0.15) is 0 Å². The average molecular weight is 412 g/mol. The van der Waals surface area contributed by atoms with Gasteiger partial charge in [0, 0.05) is 6.54 Å². The lowest BCUT2D eigenvalue weighted by Gasteiger charge is -2.21. The molecule has 0 spiro atoms. The van der Waals surface area contributed by atoms with E-state index in [0.717, 1.165) is 25.7 Å². The first-order valence-corrected chi connectivity index (χ1v) is 11.7. The van der Waals surface area contributed by atoms with E-state index in [-0.39, 0.29) is 29.5 Å². The average Bonchev–Trinajstić information content (AvgIpc) is 2.60. The summed E-state index contributed by atoms with van der Waals surface area (Å²) >= 11 is 0. The molecule has 0 heterocycles. The van der Waals surface area contributed by atoms with Crippen molar-refractivity contribution in [3.8, 4) is 0 Å². The van der Waals surface area contributed by atoms with Crippen LogP contribution >= 0.6 is 0 Å². The number of nitrogens with one attached hydrogen (secondary N) is 1. The van der Waals surface area contributed by atoms with Crippen molar-refractivity contribution in [1.29, 1.82) is 0 Å². The van der Waals surface area contributed by atoms with Gasteiger partial charge in [0.25, 0.3) is 0 Å². The van der Waals surface area contributed by atoms with Crippen LogP contribution in [0.5, 0.6) is 0 Å². The van der Waals surface area contributed by atoms with Crippen molar-refractivity contribution in [2.24, 2.45) is 5.92 Å². The second kappa shape index (κ2) is 9.74. The van der Waals surface area contributed by atoms with Gasteiger partial charge in [0.2, 0.25) is 0 Å². The number of ether oxygens (including phenoxy) is 1. The van der Waals surface area contributed by atoms with Crippen molar-refractivity contribution in [3.63, 3.8) is 0 Å². The lowest BCUT2D eigenvalue weighted by Crippen LogP contribution is -2.33. The molecule has 1 aromatic rings. The summed E-state index contributed by atoms with van der Waals surface area (Å²) < 4.78 is 30.7. The van der Waals surface area contributed by atoms with Crippen molar-refractivity contribution < 1.29 is 23.1 Å². The van der Waals surface area contributed by atoms with Crippen LogP contribution in [0.1, 0.15) is 71.0 Å². The van der Waals surface area contributed by atoms with Gasteiger partial charge in [0.1, 0.15) is 5.60 Å². The topological polar surface area (TPSA) is 92.7 Å². The Morgan fingerprint density at radius 3 is 2.57 bits per heavy atom. The van der Waals surface area contributed by atoms with Gasteiger partial charge in [-0.1, -0.05) is 31.4 Å². The Morgan fingerprint density at radius 2 is 1.93 bits per heavy atom. The molecule has 1 aromatic carbocycles. The molecule has 1 amide bonds. The van der Waals surface area contributed by atoms with Crippen LogP contribution in [0.15, 0.2) is 29.2 Å². The molecule has 1 atom stereocenters. The second-order valence-electron chi connectivity index (χ2n) is 8.59. The summed E-state index contributed by atoms with van der Waals surface area (Å²) in [4.78, 5) is 11.9. The Labute approximate surface area is 168 Å². The minimum Gasteiger partial charge on any atom is -0.444 e. The summed E-state index contributed by atoms with van der Waals surface area (Å²) in [5.74, 6) is 0.401. The number of hydrogen-bond acceptors (Lipinski definition) is 5. The molecule has 7 heteroatoms. The molecule has 0 radical (unpaired) electrons. The molecule has 0 aliphatic heterocycles. The lowest BCUT2D eigenvalue weighted by molar-refractivity contribution is 0.0518. The van der Waals surface area contributed by atoms with Gasteiger partial charge in [-0.25, -0.2) is 13.2 Å². The van der Waals surface area contributed by atoms with E-state index < -0.39 is 27.6 Å². The minimum atomic E-state index is -3.37. The molecule has 1 fully saturated rings. The van der Waals surface area contributed by atoms with E-state index in [1.54, 1.807) is 45.0 Å². The molecule has 2 N–H and O–H groups in total. The van der Waals surface area contributed by atoms with Crippen LogP contribution in [0.4, 0.5) is 4.79 Å². The highest BCUT2D eigenvalue weighted by Crippen LogP contribution is 2.28. The third-order valence-corrected chi connectivity index (χ3v) is 6.75. The van der Waals surface area contributed by atoms with Crippen molar-refractivity contribution >= 4 is 15.9 Å². The van der Waals surface area contributed by atoms with E-state index in [0.29, 0.717) is 5.56 Å². The van der Waals surface area contributed by atoms with Gasteiger partial charge in [-0.3, -0.25) is 0 Å². The zero-order valence-electron chi connectivity index (χ0n) is 17.1. The van der Waals surface area contributed by atoms with Gasteiger partial charge in [-0.15, -0.1) is 0 Å². The molecule has 1 saturated carbocycles. The summed E-state index contributed by atoms with van der Waals surface area (Å²) in [6.07, 6.45) is 4.20. The summed E-state index contributed by atoms with van der Waals surface area (Å²) in [5, 5.41) is 13.0. The molecule has 0 saturated heterocycles. The van der Waals surface area contributed by atoms with Crippen LogP contribution in [0.2, 0.25) is 0 Å². The van der Waals surface area contributed by atoms with E-state index >= 15 is 0 Å². The fourth-order valence-corrected chi connectivity index (χ4v) is 5.22. The maximum Gasteiger partial charge on any atom is 0.407 e. The number of rotatable bonds is 7. The Balaban J connectivity index is 1.93. The molecule has 28 heavy (non-hydrogen) atoms. The highest BCUT2D eigenvalue weighted by molar-refractivity contribution is 7.91. The summed E-state index contributed by atoms with van der Waals surface area (Å²) in [6.45, 7) is 5.57. The second-order valence-corrected chi connectivity index (χ2v) is 10.6. The van der Waals surface area contributed by atoms with Crippen LogP contribution in [0.25, 0.3) is 0 Å². The SMILES string of the molecule is CC(C)(C)OC(=O)NCCC(O)c1cccc(S(=O)(=O)CC2CCCCC2)c1. The van der Waals surface area contributed by atoms with E-state index in [2.05, 4.69) is 5.32 Å². The third kappa shape index (κ3) is 7.43. The number of sulfone groups is 1. The maximum atomic E-state index is 12.8. The molecule has 1 aliphatic carbocycles. The van der Waals surface area contributed by atoms with E-state index in [9.17, 15) is 18.3 Å². The quantitative estimate of drug-likeness (QED) is 0.708. The highest BCUT2D eigenvalue weighted by Gasteiger charge is 2.24. The van der Waals surface area contributed by atoms with E-state index in [4.69, 9.17) is 4.74 Å². The zero-order chi connectivity index (χ0) is 20.8. The Kier molecular flexibility index (Phi) is 7.89. The number of aliphatic hydroxyl groups excluding tert-OH is 1. The first-order chi connectivity index (χ1) is 13.1. The van der Waals surface area contributed by atoms with Gasteiger partial charge in [0.05, 0.1) is 16.8 Å². The predicted octanol–water partition coefficient (Wildman–Crippen LogP) is 3.99. The predicted molar refractivity (Wildman–Crippen MR) is 109 cm³/mol. The van der Waals surface area contributed by atoms with Crippen LogP contribution < -0.4 is 5.32 Å². The number of hydrogen-bond donors (Lipinski definition) is 2. The lowest BCUT2D eigenvalue weighted by atomic mass is 9.91.